The molecule has 0 amide bonds. The van der Waals surface area contributed by atoms with Gasteiger partial charge in [0.15, 0.2) is 0 Å². The van der Waals surface area contributed by atoms with E-state index in [4.69, 9.17) is 0 Å². The summed E-state index contributed by atoms with van der Waals surface area (Å²) in [5.41, 5.74) is 0. The molecule has 0 aromatic heterocycles. The molecule has 0 unspecified atom stereocenters. The fourth-order valence-electron chi connectivity index (χ4n) is 0.750. The number of hydrogen-bond donors (Lipinski definition) is 0. The lowest BCUT2D eigenvalue weighted by Crippen LogP contribution is -1.88. The van der Waals surface area contributed by atoms with Crippen molar-refractivity contribution in [1.82, 2.24) is 0 Å². The van der Waals surface area contributed by atoms with Crippen LogP contribution in [0, 0.1) is 5.92 Å². The summed E-state index contributed by atoms with van der Waals surface area (Å²) >= 11 is 0. The third-order valence-corrected chi connectivity index (χ3v) is 1.50. The summed E-state index contributed by atoms with van der Waals surface area (Å²) in [6, 6.07) is 0. The van der Waals surface area contributed by atoms with Crippen molar-refractivity contribution in [2.24, 2.45) is 0 Å². The highest BCUT2D eigenvalue weighted by molar-refractivity contribution is 4.83. The minimum absolute atomic E-state index is 0. The van der Waals surface area contributed by atoms with Crippen LogP contribution in [-0.2, 0) is 0 Å². The largest absolute Gasteiger partial charge is 0.412 e. The molecule has 8 heavy (non-hydrogen) atoms. The van der Waals surface area contributed by atoms with E-state index in [1.54, 1.807) is 5.92 Å². The van der Waals surface area contributed by atoms with Crippen LogP contribution in [0.3, 0.4) is 0 Å². The van der Waals surface area contributed by atoms with Gasteiger partial charge in [-0.15, -0.1) is 0 Å². The summed E-state index contributed by atoms with van der Waals surface area (Å²) in [5, 5.41) is 0. The summed E-state index contributed by atoms with van der Waals surface area (Å²) in [5.74, 6) is 1.68. The zero-order valence-electron chi connectivity index (χ0n) is 6.12. The first-order valence-electron chi connectivity index (χ1n) is 3.18. The van der Waals surface area contributed by atoms with E-state index < -0.39 is 0 Å². The SMILES string of the molecule is CC[C](CC)CC.O. The molecule has 0 aromatic carbocycles. The van der Waals surface area contributed by atoms with Crippen LogP contribution in [-0.4, -0.2) is 5.48 Å². The van der Waals surface area contributed by atoms with Crippen molar-refractivity contribution in [2.75, 3.05) is 0 Å². The Labute approximate surface area is 52.4 Å². The van der Waals surface area contributed by atoms with Crippen molar-refractivity contribution in [3.8, 4) is 0 Å². The first-order chi connectivity index (χ1) is 3.35. The van der Waals surface area contributed by atoms with E-state index in [0.717, 1.165) is 0 Å². The van der Waals surface area contributed by atoms with E-state index in [-0.39, 0.29) is 5.48 Å². The maximum atomic E-state index is 2.22. The second-order valence-corrected chi connectivity index (χ2v) is 1.81. The summed E-state index contributed by atoms with van der Waals surface area (Å²) in [6.07, 6.45) is 3.81. The summed E-state index contributed by atoms with van der Waals surface area (Å²) in [4.78, 5) is 0. The van der Waals surface area contributed by atoms with Gasteiger partial charge in [0, 0.05) is 0 Å². The van der Waals surface area contributed by atoms with E-state index in [1.807, 2.05) is 0 Å². The third kappa shape index (κ3) is 4.13. The van der Waals surface area contributed by atoms with Crippen LogP contribution in [0.4, 0.5) is 0 Å². The summed E-state index contributed by atoms with van der Waals surface area (Å²) in [6.45, 7) is 6.67. The van der Waals surface area contributed by atoms with Gasteiger partial charge in [-0.2, -0.15) is 0 Å². The fourth-order valence-corrected chi connectivity index (χ4v) is 0.750. The molecule has 1 heteroatoms. The molecule has 0 aliphatic carbocycles. The topological polar surface area (TPSA) is 31.5 Å². The van der Waals surface area contributed by atoms with Crippen molar-refractivity contribution in [3.05, 3.63) is 5.92 Å². The van der Waals surface area contributed by atoms with Crippen LogP contribution < -0.4 is 0 Å². The lowest BCUT2D eigenvalue weighted by Gasteiger charge is -2.04. The van der Waals surface area contributed by atoms with Crippen molar-refractivity contribution in [1.29, 1.82) is 0 Å². The van der Waals surface area contributed by atoms with Gasteiger partial charge in [-0.1, -0.05) is 20.8 Å². The van der Waals surface area contributed by atoms with Crippen molar-refractivity contribution < 1.29 is 5.48 Å². The van der Waals surface area contributed by atoms with Crippen LogP contribution in [0.25, 0.3) is 0 Å². The molecular weight excluding hydrogens is 100 g/mol. The molecule has 51 valence electrons. The van der Waals surface area contributed by atoms with Crippen molar-refractivity contribution in [3.63, 3.8) is 0 Å². The van der Waals surface area contributed by atoms with Crippen LogP contribution in [0.15, 0.2) is 0 Å². The molecule has 0 fully saturated rings. The van der Waals surface area contributed by atoms with E-state index in [9.17, 15) is 0 Å². The Balaban J connectivity index is 0. The first-order valence-corrected chi connectivity index (χ1v) is 3.18. The Morgan fingerprint density at radius 1 is 0.875 bits per heavy atom. The lowest BCUT2D eigenvalue weighted by atomic mass is 10.0. The van der Waals surface area contributed by atoms with Crippen molar-refractivity contribution >= 4 is 0 Å². The molecule has 0 aliphatic heterocycles. The molecule has 0 bridgehead atoms. The predicted octanol–water partition coefficient (Wildman–Crippen LogP) is 1.97. The Bertz CT molecular complexity index is 25.9. The highest BCUT2D eigenvalue weighted by Crippen LogP contribution is 2.12. The van der Waals surface area contributed by atoms with Crippen LogP contribution >= 0.6 is 0 Å². The molecule has 0 atom stereocenters. The molecule has 0 saturated carbocycles. The molecule has 0 saturated heterocycles. The molecule has 0 rings (SSSR count). The molecule has 0 aliphatic rings. The monoisotopic (exact) mass is 117 g/mol. The van der Waals surface area contributed by atoms with E-state index in [0.29, 0.717) is 0 Å². The Kier molecular flexibility index (Phi) is 9.44. The summed E-state index contributed by atoms with van der Waals surface area (Å²) in [7, 11) is 0. The second-order valence-electron chi connectivity index (χ2n) is 1.81. The molecule has 0 aromatic rings. The lowest BCUT2D eigenvalue weighted by molar-refractivity contribution is 0.739. The Morgan fingerprint density at radius 2 is 1.12 bits per heavy atom. The minimum atomic E-state index is 0. The van der Waals surface area contributed by atoms with Crippen LogP contribution in [0.1, 0.15) is 40.0 Å². The van der Waals surface area contributed by atoms with Crippen molar-refractivity contribution in [2.45, 2.75) is 40.0 Å². The molecule has 0 heterocycles. The second kappa shape index (κ2) is 6.96. The Hall–Kier alpha value is -0.0400. The summed E-state index contributed by atoms with van der Waals surface area (Å²) < 4.78 is 0. The van der Waals surface area contributed by atoms with Gasteiger partial charge in [-0.05, 0) is 25.2 Å². The first kappa shape index (κ1) is 10.9. The maximum Gasteiger partial charge on any atom is -0.0249 e. The van der Waals surface area contributed by atoms with Gasteiger partial charge >= 0.3 is 0 Å². The quantitative estimate of drug-likeness (QED) is 0.541. The fraction of sp³-hybridized carbons (Fsp3) is 0.857. The average Bonchev–Trinajstić information content (AvgIpc) is 1.72. The maximum absolute atomic E-state index is 2.22. The van der Waals surface area contributed by atoms with Crippen LogP contribution in [0.2, 0.25) is 0 Å². The van der Waals surface area contributed by atoms with Gasteiger partial charge in [0.1, 0.15) is 0 Å². The van der Waals surface area contributed by atoms with E-state index in [2.05, 4.69) is 20.8 Å². The van der Waals surface area contributed by atoms with Gasteiger partial charge in [-0.3, -0.25) is 0 Å². The molecular formula is C7H17O. The zero-order chi connectivity index (χ0) is 5.70. The average molecular weight is 117 g/mol. The predicted molar refractivity (Wildman–Crippen MR) is 37.7 cm³/mol. The number of rotatable bonds is 3. The van der Waals surface area contributed by atoms with Gasteiger partial charge < -0.3 is 5.48 Å². The molecule has 2 N–H and O–H groups in total. The van der Waals surface area contributed by atoms with Gasteiger partial charge in [0.2, 0.25) is 0 Å². The highest BCUT2D eigenvalue weighted by atomic mass is 16.0. The van der Waals surface area contributed by atoms with Gasteiger partial charge in [0.25, 0.3) is 0 Å². The smallest absolute Gasteiger partial charge is 0.0249 e. The number of hydrogen-bond acceptors (Lipinski definition) is 0. The molecule has 0 spiro atoms. The van der Waals surface area contributed by atoms with E-state index >= 15 is 0 Å². The Morgan fingerprint density at radius 3 is 1.12 bits per heavy atom. The molecule has 1 radical (unpaired) electrons. The van der Waals surface area contributed by atoms with Gasteiger partial charge in [-0.25, -0.2) is 0 Å². The third-order valence-electron chi connectivity index (χ3n) is 1.50. The highest BCUT2D eigenvalue weighted by Gasteiger charge is 1.96. The standard InChI is InChI=1S/C7H15.H2O/c1-4-7(5-2)6-3;/h4-6H2,1-3H3;1H2. The van der Waals surface area contributed by atoms with E-state index in [1.165, 1.54) is 19.3 Å². The normalized spacial score (nSPS) is 9.00. The van der Waals surface area contributed by atoms with Crippen LogP contribution in [0.5, 0.6) is 0 Å². The minimum Gasteiger partial charge on any atom is -0.412 e. The molecule has 1 nitrogen and oxygen atoms in total. The van der Waals surface area contributed by atoms with Gasteiger partial charge in [0.05, 0.1) is 0 Å². The zero-order valence-corrected chi connectivity index (χ0v) is 6.12.